The van der Waals surface area contributed by atoms with Crippen LogP contribution in [0.15, 0.2) is 0 Å². The van der Waals surface area contributed by atoms with Crippen molar-refractivity contribution < 1.29 is 9.47 Å². The monoisotopic (exact) mass is 254 g/mol. The van der Waals surface area contributed by atoms with Crippen LogP contribution in [0.4, 0.5) is 5.82 Å². The highest BCUT2D eigenvalue weighted by atomic mass is 16.5. The van der Waals surface area contributed by atoms with Crippen molar-refractivity contribution >= 4 is 5.82 Å². The predicted octanol–water partition coefficient (Wildman–Crippen LogP) is 1.44. The van der Waals surface area contributed by atoms with E-state index in [4.69, 9.17) is 15.3 Å². The van der Waals surface area contributed by atoms with Gasteiger partial charge in [0.2, 0.25) is 5.88 Å². The molecule has 0 amide bonds. The summed E-state index contributed by atoms with van der Waals surface area (Å²) in [5.74, 6) is 7.41. The zero-order valence-electron chi connectivity index (χ0n) is 11.3. The number of nitrogens with two attached hydrogens (primary N) is 1. The highest BCUT2D eigenvalue weighted by molar-refractivity contribution is 5.47. The van der Waals surface area contributed by atoms with Gasteiger partial charge in [-0.05, 0) is 13.3 Å². The lowest BCUT2D eigenvalue weighted by Gasteiger charge is -2.12. The van der Waals surface area contributed by atoms with E-state index >= 15 is 0 Å². The number of nitrogens with one attached hydrogen (secondary N) is 1. The van der Waals surface area contributed by atoms with Gasteiger partial charge in [-0.3, -0.25) is 0 Å². The number of hydrazine groups is 1. The fourth-order valence-corrected chi connectivity index (χ4v) is 1.53. The maximum Gasteiger partial charge on any atom is 0.221 e. The molecule has 0 unspecified atom stereocenters. The number of hydrogen-bond acceptors (Lipinski definition) is 6. The molecule has 0 fully saturated rings. The molecule has 0 saturated heterocycles. The summed E-state index contributed by atoms with van der Waals surface area (Å²) < 4.78 is 10.6. The number of aromatic nitrogens is 2. The standard InChI is InChI=1S/C12H22N4O2/c1-4-6-10-14-11(16-13)9(2)12(15-10)18-8-5-7-17-3/h4-8,13H2,1-3H3,(H,14,15,16). The third-order valence-electron chi connectivity index (χ3n) is 2.49. The molecular formula is C12H22N4O2. The topological polar surface area (TPSA) is 82.3 Å². The molecule has 0 saturated carbocycles. The second kappa shape index (κ2) is 7.84. The van der Waals surface area contributed by atoms with Crippen molar-refractivity contribution in [3.63, 3.8) is 0 Å². The molecule has 6 nitrogen and oxygen atoms in total. The van der Waals surface area contributed by atoms with Gasteiger partial charge < -0.3 is 14.9 Å². The molecule has 3 N–H and O–H groups in total. The van der Waals surface area contributed by atoms with E-state index in [9.17, 15) is 0 Å². The first-order valence-corrected chi connectivity index (χ1v) is 6.18. The number of nitrogen functional groups attached to an aromatic ring is 1. The fraction of sp³-hybridized carbons (Fsp3) is 0.667. The van der Waals surface area contributed by atoms with Gasteiger partial charge in [0.05, 0.1) is 12.2 Å². The van der Waals surface area contributed by atoms with E-state index in [2.05, 4.69) is 22.3 Å². The minimum atomic E-state index is 0.571. The van der Waals surface area contributed by atoms with Gasteiger partial charge in [0, 0.05) is 26.6 Å². The number of aryl methyl sites for hydroxylation is 1. The van der Waals surface area contributed by atoms with Crippen LogP contribution in [0.3, 0.4) is 0 Å². The Hall–Kier alpha value is -1.40. The second-order valence-corrected chi connectivity index (χ2v) is 4.01. The predicted molar refractivity (Wildman–Crippen MR) is 70.6 cm³/mol. The molecule has 0 aromatic carbocycles. The highest BCUT2D eigenvalue weighted by Crippen LogP contribution is 2.21. The first kappa shape index (κ1) is 14.7. The van der Waals surface area contributed by atoms with Crippen molar-refractivity contribution in [1.82, 2.24) is 9.97 Å². The number of methoxy groups -OCH3 is 1. The van der Waals surface area contributed by atoms with E-state index in [-0.39, 0.29) is 0 Å². The smallest absolute Gasteiger partial charge is 0.221 e. The summed E-state index contributed by atoms with van der Waals surface area (Å²) in [5.41, 5.74) is 3.41. The molecule has 1 rings (SSSR count). The maximum atomic E-state index is 5.64. The Balaban J connectivity index is 2.77. The van der Waals surface area contributed by atoms with Gasteiger partial charge in [-0.25, -0.2) is 10.8 Å². The van der Waals surface area contributed by atoms with Crippen molar-refractivity contribution in [3.8, 4) is 5.88 Å². The molecule has 0 aliphatic carbocycles. The third-order valence-corrected chi connectivity index (χ3v) is 2.49. The fourth-order valence-electron chi connectivity index (χ4n) is 1.53. The van der Waals surface area contributed by atoms with E-state index in [0.717, 1.165) is 30.7 Å². The van der Waals surface area contributed by atoms with Crippen molar-refractivity contribution in [2.75, 3.05) is 25.7 Å². The zero-order valence-corrected chi connectivity index (χ0v) is 11.3. The van der Waals surface area contributed by atoms with Crippen molar-refractivity contribution in [2.45, 2.75) is 33.1 Å². The molecule has 0 atom stereocenters. The van der Waals surface area contributed by atoms with Crippen LogP contribution in [0, 0.1) is 6.92 Å². The lowest BCUT2D eigenvalue weighted by atomic mass is 10.3. The summed E-state index contributed by atoms with van der Waals surface area (Å²) in [5, 5.41) is 0. The number of nitrogens with zero attached hydrogens (tertiary/aromatic N) is 2. The molecule has 0 radical (unpaired) electrons. The first-order chi connectivity index (χ1) is 8.72. The van der Waals surface area contributed by atoms with Gasteiger partial charge in [0.25, 0.3) is 0 Å². The van der Waals surface area contributed by atoms with E-state index < -0.39 is 0 Å². The summed E-state index contributed by atoms with van der Waals surface area (Å²) in [4.78, 5) is 8.73. The van der Waals surface area contributed by atoms with Crippen molar-refractivity contribution in [2.24, 2.45) is 5.84 Å². The summed E-state index contributed by atoms with van der Waals surface area (Å²) in [6, 6.07) is 0. The Labute approximate surface area is 108 Å². The third kappa shape index (κ3) is 4.12. The van der Waals surface area contributed by atoms with E-state index in [1.54, 1.807) is 7.11 Å². The normalized spacial score (nSPS) is 10.4. The van der Waals surface area contributed by atoms with Crippen molar-refractivity contribution in [1.29, 1.82) is 0 Å². The van der Waals surface area contributed by atoms with Crippen LogP contribution in [0.2, 0.25) is 0 Å². The van der Waals surface area contributed by atoms with E-state index in [0.29, 0.717) is 24.9 Å². The van der Waals surface area contributed by atoms with Gasteiger partial charge >= 0.3 is 0 Å². The lowest BCUT2D eigenvalue weighted by Crippen LogP contribution is -2.14. The Morgan fingerprint density at radius 1 is 1.28 bits per heavy atom. The molecule has 0 aliphatic rings. The minimum Gasteiger partial charge on any atom is -0.477 e. The average molecular weight is 254 g/mol. The molecule has 0 spiro atoms. The second-order valence-electron chi connectivity index (χ2n) is 4.01. The number of anilines is 1. The Morgan fingerprint density at radius 3 is 2.67 bits per heavy atom. The lowest BCUT2D eigenvalue weighted by molar-refractivity contribution is 0.170. The van der Waals surface area contributed by atoms with Gasteiger partial charge in [-0.2, -0.15) is 4.98 Å². The number of rotatable bonds is 8. The van der Waals surface area contributed by atoms with E-state index in [1.165, 1.54) is 0 Å². The summed E-state index contributed by atoms with van der Waals surface area (Å²) in [6.07, 6.45) is 2.62. The Kier molecular flexibility index (Phi) is 6.38. The molecule has 0 aliphatic heterocycles. The van der Waals surface area contributed by atoms with Crippen LogP contribution in [0.5, 0.6) is 5.88 Å². The van der Waals surface area contributed by atoms with Gasteiger partial charge in [-0.1, -0.05) is 6.92 Å². The molecule has 1 aromatic heterocycles. The number of ether oxygens (including phenoxy) is 2. The van der Waals surface area contributed by atoms with Crippen molar-refractivity contribution in [3.05, 3.63) is 11.4 Å². The van der Waals surface area contributed by atoms with Gasteiger partial charge in [0.1, 0.15) is 11.6 Å². The van der Waals surface area contributed by atoms with Crippen LogP contribution in [0.1, 0.15) is 31.2 Å². The summed E-state index contributed by atoms with van der Waals surface area (Å²) >= 11 is 0. The maximum absolute atomic E-state index is 5.64. The van der Waals surface area contributed by atoms with Gasteiger partial charge in [0.15, 0.2) is 0 Å². The quantitative estimate of drug-likeness (QED) is 0.415. The Morgan fingerprint density at radius 2 is 2.06 bits per heavy atom. The first-order valence-electron chi connectivity index (χ1n) is 6.18. The van der Waals surface area contributed by atoms with Crippen LogP contribution >= 0.6 is 0 Å². The Bertz CT molecular complexity index is 371. The molecule has 1 heterocycles. The minimum absolute atomic E-state index is 0.571. The highest BCUT2D eigenvalue weighted by Gasteiger charge is 2.10. The van der Waals surface area contributed by atoms with Gasteiger partial charge in [-0.15, -0.1) is 0 Å². The molecule has 1 aromatic rings. The molecule has 18 heavy (non-hydrogen) atoms. The molecular weight excluding hydrogens is 232 g/mol. The molecule has 102 valence electrons. The number of hydrogen-bond donors (Lipinski definition) is 2. The van der Waals surface area contributed by atoms with Crippen LogP contribution in [0.25, 0.3) is 0 Å². The average Bonchev–Trinajstić information content (AvgIpc) is 2.38. The van der Waals surface area contributed by atoms with Crippen LogP contribution in [-0.2, 0) is 11.2 Å². The summed E-state index contributed by atoms with van der Waals surface area (Å²) in [6.45, 7) is 5.21. The summed E-state index contributed by atoms with van der Waals surface area (Å²) in [7, 11) is 1.67. The zero-order chi connectivity index (χ0) is 13.4. The SMILES string of the molecule is CCCc1nc(NN)c(C)c(OCCCOC)n1. The largest absolute Gasteiger partial charge is 0.477 e. The van der Waals surface area contributed by atoms with Crippen LogP contribution < -0.4 is 16.0 Å². The molecule has 6 heteroatoms. The molecule has 0 bridgehead atoms. The van der Waals surface area contributed by atoms with E-state index in [1.807, 2.05) is 6.92 Å². The van der Waals surface area contributed by atoms with Crippen LogP contribution in [-0.4, -0.2) is 30.3 Å².